The lowest BCUT2D eigenvalue weighted by molar-refractivity contribution is -0.152. The Morgan fingerprint density at radius 2 is 1.30 bits per heavy atom. The molecule has 1 N–H and O–H groups in total. The fourth-order valence-electron chi connectivity index (χ4n) is 6.12. The summed E-state index contributed by atoms with van der Waals surface area (Å²) >= 11 is 0. The van der Waals surface area contributed by atoms with E-state index in [1.165, 1.54) is 12.0 Å². The van der Waals surface area contributed by atoms with Crippen LogP contribution in [0.5, 0.6) is 0 Å². The molecule has 7 nitrogen and oxygen atoms in total. The summed E-state index contributed by atoms with van der Waals surface area (Å²) < 4.78 is 19.1. The van der Waals surface area contributed by atoms with Crippen LogP contribution in [-0.2, 0) is 36.3 Å². The van der Waals surface area contributed by atoms with Gasteiger partial charge in [-0.3, -0.25) is 18.7 Å². The molecule has 9 heteroatoms. The molecule has 0 aromatic heterocycles. The van der Waals surface area contributed by atoms with E-state index in [-0.39, 0.29) is 23.8 Å². The van der Waals surface area contributed by atoms with Gasteiger partial charge < -0.3 is 10.1 Å². The van der Waals surface area contributed by atoms with Gasteiger partial charge in [0.1, 0.15) is 40.3 Å². The number of nitrogens with zero attached hydrogens (tertiary/aromatic N) is 1. The van der Waals surface area contributed by atoms with Gasteiger partial charge >= 0.3 is 5.97 Å². The van der Waals surface area contributed by atoms with E-state index in [0.29, 0.717) is 11.7 Å². The molecule has 1 fully saturated rings. The molecule has 2 aliphatic rings. The van der Waals surface area contributed by atoms with Crippen molar-refractivity contribution < 1.29 is 23.3 Å². The first-order chi connectivity index (χ1) is 21.4. The van der Waals surface area contributed by atoms with Gasteiger partial charge in [-0.05, 0) is 42.0 Å². The van der Waals surface area contributed by atoms with Crippen molar-refractivity contribution in [3.8, 4) is 0 Å². The van der Waals surface area contributed by atoms with Gasteiger partial charge in [0.25, 0.3) is 5.91 Å². The van der Waals surface area contributed by atoms with Gasteiger partial charge in [0.2, 0.25) is 5.91 Å². The summed E-state index contributed by atoms with van der Waals surface area (Å²) in [4.78, 5) is 41.2. The summed E-state index contributed by atoms with van der Waals surface area (Å²) in [5.41, 5.74) is 1.54. The Morgan fingerprint density at radius 1 is 0.818 bits per heavy atom. The second kappa shape index (κ2) is 12.7. The van der Waals surface area contributed by atoms with Crippen molar-refractivity contribution in [2.75, 3.05) is 19.0 Å². The monoisotopic (exact) mass is 623 g/mol. The Kier molecular flexibility index (Phi) is 8.56. The number of hydrogen-bond donors (Lipinski definition) is 1. The van der Waals surface area contributed by atoms with Crippen LogP contribution >= 0.6 is 7.26 Å². The lowest BCUT2D eigenvalue weighted by Crippen LogP contribution is -2.73. The molecule has 0 aliphatic carbocycles. The largest absolute Gasteiger partial charge is 0.464 e. The van der Waals surface area contributed by atoms with Gasteiger partial charge in [-0.1, -0.05) is 84.9 Å². The Labute approximate surface area is 259 Å². The van der Waals surface area contributed by atoms with Gasteiger partial charge in [-0.25, -0.2) is 4.79 Å². The number of benzene rings is 4. The number of β-lactam (4-membered cyclic amide) rings is 1. The molecule has 1 unspecified atom stereocenters. The summed E-state index contributed by atoms with van der Waals surface area (Å²) in [5.74, 6) is -1.39. The number of hydrogen-bond acceptors (Lipinski definition) is 5. The van der Waals surface area contributed by atoms with Gasteiger partial charge in [-0.15, -0.1) is 0 Å². The van der Waals surface area contributed by atoms with E-state index in [0.717, 1.165) is 21.5 Å². The number of nitrogens with one attached hydrogen (secondary N) is 1. The fraction of sp³-hybridized carbons (Fsp3) is 0.171. The van der Waals surface area contributed by atoms with E-state index in [4.69, 9.17) is 4.74 Å². The van der Waals surface area contributed by atoms with Gasteiger partial charge in [0.05, 0.1) is 36.2 Å². The zero-order valence-electron chi connectivity index (χ0n) is 24.2. The van der Waals surface area contributed by atoms with Crippen LogP contribution in [0.2, 0.25) is 0 Å². The highest BCUT2D eigenvalue weighted by atomic mass is 32.2. The zero-order chi connectivity index (χ0) is 30.7. The molecule has 0 radical (unpaired) electrons. The molecule has 222 valence electrons. The Bertz CT molecular complexity index is 1640. The van der Waals surface area contributed by atoms with Crippen LogP contribution in [0.1, 0.15) is 5.56 Å². The van der Waals surface area contributed by atoms with Crippen molar-refractivity contribution in [1.82, 2.24) is 10.2 Å². The average molecular weight is 624 g/mol. The standard InChI is InChI=1S/C35H31N2O5PS/c1-42-35(40)32-26(24-44(41)34-31(33(39)37(32)34)36-30(38)22-25-14-6-2-7-15-25)23-43(27-16-8-3-9-17-27,28-18-10-4-11-19-28)29-20-12-5-13-21-29/h2-21,31,34H,22-24H2,1H3/p+1/t31-,34-,44?/m1/s1. The van der Waals surface area contributed by atoms with Crippen LogP contribution in [0.3, 0.4) is 0 Å². The summed E-state index contributed by atoms with van der Waals surface area (Å²) in [7, 11) is -2.75. The normalized spacial score (nSPS) is 19.5. The summed E-state index contributed by atoms with van der Waals surface area (Å²) in [6, 6.07) is 38.7. The summed E-state index contributed by atoms with van der Waals surface area (Å²) in [6.07, 6.45) is 0.482. The maximum absolute atomic E-state index is 13.9. The van der Waals surface area contributed by atoms with Crippen molar-refractivity contribution in [3.63, 3.8) is 0 Å². The number of rotatable bonds is 9. The minimum absolute atomic E-state index is 0.0815. The van der Waals surface area contributed by atoms with Crippen LogP contribution in [0.25, 0.3) is 0 Å². The smallest absolute Gasteiger partial charge is 0.354 e. The number of fused-ring (bicyclic) bond motifs is 1. The molecule has 2 heterocycles. The van der Waals surface area contributed by atoms with Crippen molar-refractivity contribution in [2.45, 2.75) is 17.8 Å². The predicted molar refractivity (Wildman–Crippen MR) is 175 cm³/mol. The first-order valence-electron chi connectivity index (χ1n) is 14.3. The molecule has 0 bridgehead atoms. The highest BCUT2D eigenvalue weighted by molar-refractivity contribution is 7.96. The molecule has 1 saturated heterocycles. The first-order valence-corrected chi connectivity index (χ1v) is 17.7. The van der Waals surface area contributed by atoms with Crippen LogP contribution in [0.15, 0.2) is 133 Å². The predicted octanol–water partition coefficient (Wildman–Crippen LogP) is 3.07. The molecule has 0 spiro atoms. The second-order valence-corrected chi connectivity index (χ2v) is 15.8. The Hall–Kier alpha value is -4.39. The Morgan fingerprint density at radius 3 is 1.77 bits per heavy atom. The number of ether oxygens (including phenoxy) is 1. The molecule has 4 aromatic carbocycles. The molecule has 3 atom stereocenters. The zero-order valence-corrected chi connectivity index (χ0v) is 25.9. The molecule has 2 amide bonds. The third-order valence-corrected chi connectivity index (χ3v) is 14.2. The molecule has 6 rings (SSSR count). The first kappa shape index (κ1) is 29.7. The minimum Gasteiger partial charge on any atom is -0.464 e. The van der Waals surface area contributed by atoms with Crippen molar-refractivity contribution in [2.24, 2.45) is 0 Å². The van der Waals surface area contributed by atoms with E-state index < -0.39 is 41.4 Å². The third kappa shape index (κ3) is 5.40. The number of amides is 2. The van der Waals surface area contributed by atoms with Crippen molar-refractivity contribution in [1.29, 1.82) is 0 Å². The SMILES string of the molecule is COC(=O)C1=C(C[P+](c2ccccc2)(c2ccccc2)c2ccccc2)CS(=O)[C@@H]2[C@H](NC(=O)Cc3ccccc3)C(=O)N12. The summed E-state index contributed by atoms with van der Waals surface area (Å²) in [6.45, 7) is 0. The number of esters is 1. The van der Waals surface area contributed by atoms with Crippen molar-refractivity contribution in [3.05, 3.63) is 138 Å². The number of methoxy groups -OCH3 is 1. The van der Waals surface area contributed by atoms with Crippen LogP contribution in [0.4, 0.5) is 0 Å². The van der Waals surface area contributed by atoms with Crippen LogP contribution < -0.4 is 21.2 Å². The minimum atomic E-state index is -2.46. The average Bonchev–Trinajstić information content (AvgIpc) is 3.07. The van der Waals surface area contributed by atoms with Crippen molar-refractivity contribution >= 4 is 51.8 Å². The van der Waals surface area contributed by atoms with E-state index >= 15 is 0 Å². The molecular weight excluding hydrogens is 591 g/mol. The number of carbonyl (C=O) groups excluding carboxylic acids is 3. The molecule has 2 aliphatic heterocycles. The quantitative estimate of drug-likeness (QED) is 0.176. The fourth-order valence-corrected chi connectivity index (χ4v) is 12.3. The maximum atomic E-state index is 13.9. The lowest BCUT2D eigenvalue weighted by Gasteiger charge is -2.49. The second-order valence-electron chi connectivity index (χ2n) is 10.7. The number of carbonyl (C=O) groups is 3. The van der Waals surface area contributed by atoms with E-state index in [9.17, 15) is 18.6 Å². The Balaban J connectivity index is 1.42. The van der Waals surface area contributed by atoms with Crippen LogP contribution in [0, 0.1) is 0 Å². The topological polar surface area (TPSA) is 92.8 Å². The van der Waals surface area contributed by atoms with Gasteiger partial charge in [0.15, 0.2) is 0 Å². The van der Waals surface area contributed by atoms with E-state index in [1.807, 2.05) is 84.9 Å². The highest BCUT2D eigenvalue weighted by Crippen LogP contribution is 2.57. The third-order valence-electron chi connectivity index (χ3n) is 8.13. The molecule has 0 saturated carbocycles. The van der Waals surface area contributed by atoms with E-state index in [1.54, 1.807) is 0 Å². The van der Waals surface area contributed by atoms with Gasteiger partial charge in [-0.2, -0.15) is 0 Å². The molecular formula is C35H32N2O5PS+. The van der Waals surface area contributed by atoms with Crippen LogP contribution in [-0.4, -0.2) is 57.3 Å². The summed E-state index contributed by atoms with van der Waals surface area (Å²) in [5, 5.41) is 5.22. The van der Waals surface area contributed by atoms with E-state index in [2.05, 4.69) is 41.7 Å². The molecule has 4 aromatic rings. The molecule has 44 heavy (non-hydrogen) atoms. The lowest BCUT2D eigenvalue weighted by atomic mass is 10.0. The maximum Gasteiger partial charge on any atom is 0.354 e. The van der Waals surface area contributed by atoms with Gasteiger partial charge in [0, 0.05) is 5.57 Å². The highest BCUT2D eigenvalue weighted by Gasteiger charge is 2.59.